The van der Waals surface area contributed by atoms with Crippen LogP contribution in [0.1, 0.15) is 6.42 Å². The summed E-state index contributed by atoms with van der Waals surface area (Å²) in [4.78, 5) is 11.5. The van der Waals surface area contributed by atoms with Crippen LogP contribution < -0.4 is 10.1 Å². The summed E-state index contributed by atoms with van der Waals surface area (Å²) in [5, 5.41) is 2.50. The van der Waals surface area contributed by atoms with Crippen molar-refractivity contribution in [2.45, 2.75) is 12.5 Å². The third-order valence-corrected chi connectivity index (χ3v) is 4.57. The average Bonchev–Trinajstić information content (AvgIpc) is 2.65. The number of amides is 1. The summed E-state index contributed by atoms with van der Waals surface area (Å²) < 4.78 is 53.1. The molecular formula is C12H13F2NO4S. The second kappa shape index (κ2) is 5.74. The molecule has 1 fully saturated rings. The van der Waals surface area contributed by atoms with Crippen molar-refractivity contribution in [2.24, 2.45) is 0 Å². The Morgan fingerprint density at radius 1 is 1.30 bits per heavy atom. The van der Waals surface area contributed by atoms with Crippen molar-refractivity contribution >= 4 is 15.7 Å². The van der Waals surface area contributed by atoms with Gasteiger partial charge in [-0.05, 0) is 6.42 Å². The molecule has 1 N–H and O–H groups in total. The summed E-state index contributed by atoms with van der Waals surface area (Å²) in [7, 11) is -3.07. The Morgan fingerprint density at radius 3 is 2.50 bits per heavy atom. The lowest BCUT2D eigenvalue weighted by Crippen LogP contribution is -2.38. The van der Waals surface area contributed by atoms with Gasteiger partial charge < -0.3 is 10.1 Å². The predicted molar refractivity (Wildman–Crippen MR) is 67.1 cm³/mol. The molecule has 0 radical (unpaired) electrons. The van der Waals surface area contributed by atoms with Gasteiger partial charge in [-0.3, -0.25) is 4.79 Å². The maximum Gasteiger partial charge on any atom is 0.258 e. The van der Waals surface area contributed by atoms with Gasteiger partial charge in [0.05, 0.1) is 11.5 Å². The normalized spacial score (nSPS) is 20.6. The molecule has 1 aliphatic heterocycles. The molecule has 110 valence electrons. The first-order valence-electron chi connectivity index (χ1n) is 5.93. The third kappa shape index (κ3) is 4.16. The second-order valence-corrected chi connectivity index (χ2v) is 6.79. The maximum absolute atomic E-state index is 12.9. The topological polar surface area (TPSA) is 72.5 Å². The lowest BCUT2D eigenvalue weighted by Gasteiger charge is -2.11. The van der Waals surface area contributed by atoms with Gasteiger partial charge in [-0.2, -0.15) is 0 Å². The van der Waals surface area contributed by atoms with Gasteiger partial charge in [-0.15, -0.1) is 0 Å². The number of hydrogen-bond acceptors (Lipinski definition) is 4. The number of hydrogen-bond donors (Lipinski definition) is 1. The SMILES string of the molecule is O=C(COc1cc(F)cc(F)c1)N[C@H]1CCS(=O)(=O)C1. The van der Waals surface area contributed by atoms with E-state index in [1.807, 2.05) is 0 Å². The number of halogens is 2. The highest BCUT2D eigenvalue weighted by molar-refractivity contribution is 7.91. The molecule has 0 aliphatic carbocycles. The predicted octanol–water partition coefficient (Wildman–Crippen LogP) is 0.647. The van der Waals surface area contributed by atoms with E-state index in [4.69, 9.17) is 4.74 Å². The van der Waals surface area contributed by atoms with Gasteiger partial charge >= 0.3 is 0 Å². The standard InChI is InChI=1S/C12H13F2NO4S/c13-8-3-9(14)5-11(4-8)19-6-12(16)15-10-1-2-20(17,18)7-10/h3-5,10H,1-2,6-7H2,(H,15,16)/t10-/m0/s1. The van der Waals surface area contributed by atoms with Crippen molar-refractivity contribution in [2.75, 3.05) is 18.1 Å². The minimum Gasteiger partial charge on any atom is -0.484 e. The smallest absolute Gasteiger partial charge is 0.258 e. The van der Waals surface area contributed by atoms with E-state index in [2.05, 4.69) is 5.32 Å². The number of ether oxygens (including phenoxy) is 1. The molecule has 0 unspecified atom stereocenters. The van der Waals surface area contributed by atoms with E-state index in [-0.39, 0.29) is 17.3 Å². The molecule has 0 aromatic heterocycles. The van der Waals surface area contributed by atoms with Crippen LogP contribution in [-0.4, -0.2) is 38.5 Å². The molecule has 1 saturated heterocycles. The Labute approximate surface area is 114 Å². The first kappa shape index (κ1) is 14.7. The Hall–Kier alpha value is -1.70. The molecule has 8 heteroatoms. The molecule has 0 saturated carbocycles. The van der Waals surface area contributed by atoms with Crippen LogP contribution in [0, 0.1) is 11.6 Å². The van der Waals surface area contributed by atoms with Crippen molar-refractivity contribution in [3.05, 3.63) is 29.8 Å². The van der Waals surface area contributed by atoms with Gasteiger partial charge in [-0.1, -0.05) is 0 Å². The average molecular weight is 305 g/mol. The summed E-state index contributed by atoms with van der Waals surface area (Å²) in [5.41, 5.74) is 0. The van der Waals surface area contributed by atoms with Gasteiger partial charge in [0.2, 0.25) is 0 Å². The first-order chi connectivity index (χ1) is 9.34. The number of benzene rings is 1. The Balaban J connectivity index is 1.83. The van der Waals surface area contributed by atoms with E-state index in [1.165, 1.54) is 0 Å². The summed E-state index contributed by atoms with van der Waals surface area (Å²) in [6, 6.07) is 2.17. The largest absolute Gasteiger partial charge is 0.484 e. The molecule has 0 bridgehead atoms. The van der Waals surface area contributed by atoms with E-state index in [9.17, 15) is 22.0 Å². The number of carbonyl (C=O) groups is 1. The summed E-state index contributed by atoms with van der Waals surface area (Å²) in [6.45, 7) is -0.431. The van der Waals surface area contributed by atoms with Crippen LogP contribution in [0.2, 0.25) is 0 Å². The van der Waals surface area contributed by atoms with Crippen LogP contribution in [0.15, 0.2) is 18.2 Å². The van der Waals surface area contributed by atoms with Crippen molar-refractivity contribution < 1.29 is 26.7 Å². The molecule has 1 aliphatic rings. The molecule has 1 aromatic rings. The van der Waals surface area contributed by atoms with Crippen molar-refractivity contribution in [1.82, 2.24) is 5.32 Å². The van der Waals surface area contributed by atoms with Crippen molar-refractivity contribution in [3.63, 3.8) is 0 Å². The molecule has 1 atom stereocenters. The van der Waals surface area contributed by atoms with Crippen molar-refractivity contribution in [3.8, 4) is 5.75 Å². The fraction of sp³-hybridized carbons (Fsp3) is 0.417. The van der Waals surface area contributed by atoms with Gasteiger partial charge in [0.25, 0.3) is 5.91 Å². The quantitative estimate of drug-likeness (QED) is 0.886. The number of carbonyl (C=O) groups excluding carboxylic acids is 1. The molecular weight excluding hydrogens is 292 g/mol. The second-order valence-electron chi connectivity index (χ2n) is 4.56. The summed E-state index contributed by atoms with van der Waals surface area (Å²) >= 11 is 0. The van der Waals surface area contributed by atoms with E-state index in [0.29, 0.717) is 12.5 Å². The van der Waals surface area contributed by atoms with Crippen LogP contribution >= 0.6 is 0 Å². The Bertz CT molecular complexity index is 598. The Kier molecular flexibility index (Phi) is 4.22. The minimum atomic E-state index is -3.07. The zero-order chi connectivity index (χ0) is 14.8. The lowest BCUT2D eigenvalue weighted by molar-refractivity contribution is -0.123. The minimum absolute atomic E-state index is 0.0495. The van der Waals surface area contributed by atoms with Crippen LogP contribution in [0.4, 0.5) is 8.78 Å². The van der Waals surface area contributed by atoms with E-state index in [0.717, 1.165) is 12.1 Å². The van der Waals surface area contributed by atoms with Crippen LogP contribution in [0.5, 0.6) is 5.75 Å². The highest BCUT2D eigenvalue weighted by Crippen LogP contribution is 2.15. The van der Waals surface area contributed by atoms with Gasteiger partial charge in [0.15, 0.2) is 16.4 Å². The van der Waals surface area contributed by atoms with Gasteiger partial charge in [0.1, 0.15) is 17.4 Å². The zero-order valence-corrected chi connectivity index (χ0v) is 11.3. The number of rotatable bonds is 4. The first-order valence-corrected chi connectivity index (χ1v) is 7.75. The molecule has 1 heterocycles. The summed E-state index contributed by atoms with van der Waals surface area (Å²) in [5.74, 6) is -2.28. The van der Waals surface area contributed by atoms with E-state index < -0.39 is 40.0 Å². The molecule has 0 spiro atoms. The highest BCUT2D eigenvalue weighted by atomic mass is 32.2. The van der Waals surface area contributed by atoms with Gasteiger partial charge in [0, 0.05) is 24.2 Å². The monoisotopic (exact) mass is 305 g/mol. The summed E-state index contributed by atoms with van der Waals surface area (Å²) in [6.07, 6.45) is 0.364. The fourth-order valence-corrected chi connectivity index (χ4v) is 3.61. The van der Waals surface area contributed by atoms with Crippen LogP contribution in [0.3, 0.4) is 0 Å². The number of sulfone groups is 1. The van der Waals surface area contributed by atoms with Gasteiger partial charge in [-0.25, -0.2) is 17.2 Å². The molecule has 1 aromatic carbocycles. The van der Waals surface area contributed by atoms with Crippen LogP contribution in [0.25, 0.3) is 0 Å². The zero-order valence-electron chi connectivity index (χ0n) is 10.4. The maximum atomic E-state index is 12.9. The molecule has 20 heavy (non-hydrogen) atoms. The van der Waals surface area contributed by atoms with E-state index in [1.54, 1.807) is 0 Å². The third-order valence-electron chi connectivity index (χ3n) is 2.80. The number of nitrogens with one attached hydrogen (secondary N) is 1. The van der Waals surface area contributed by atoms with E-state index >= 15 is 0 Å². The van der Waals surface area contributed by atoms with Crippen LogP contribution in [-0.2, 0) is 14.6 Å². The molecule has 1 amide bonds. The van der Waals surface area contributed by atoms with Crippen molar-refractivity contribution in [1.29, 1.82) is 0 Å². The highest BCUT2D eigenvalue weighted by Gasteiger charge is 2.28. The fourth-order valence-electron chi connectivity index (χ4n) is 1.94. The molecule has 5 nitrogen and oxygen atoms in total. The Morgan fingerprint density at radius 2 is 1.95 bits per heavy atom. The molecule has 2 rings (SSSR count). The lowest BCUT2D eigenvalue weighted by atomic mass is 10.2.